The molecule has 0 aliphatic carbocycles. The Hall–Kier alpha value is -4.81. The van der Waals surface area contributed by atoms with E-state index in [1.54, 1.807) is 12.1 Å². The molecule has 182 valence electrons. The van der Waals surface area contributed by atoms with Gasteiger partial charge in [-0.3, -0.25) is 19.4 Å². The van der Waals surface area contributed by atoms with Crippen LogP contribution in [0.3, 0.4) is 0 Å². The van der Waals surface area contributed by atoms with E-state index in [2.05, 4.69) is 42.5 Å². The van der Waals surface area contributed by atoms with Crippen molar-refractivity contribution in [2.24, 2.45) is 0 Å². The van der Waals surface area contributed by atoms with Crippen molar-refractivity contribution >= 4 is 40.6 Å². The second-order valence-corrected chi connectivity index (χ2v) is 7.41. The summed E-state index contributed by atoms with van der Waals surface area (Å²) in [5.41, 5.74) is 6.59. The van der Waals surface area contributed by atoms with Crippen LogP contribution in [0.2, 0.25) is 0 Å². The van der Waals surface area contributed by atoms with Crippen molar-refractivity contribution in [3.8, 4) is 0 Å². The van der Waals surface area contributed by atoms with E-state index in [1.807, 2.05) is 0 Å². The van der Waals surface area contributed by atoms with Crippen LogP contribution in [0.4, 0.5) is 11.6 Å². The van der Waals surface area contributed by atoms with Crippen molar-refractivity contribution in [1.29, 1.82) is 0 Å². The number of nitrogen functional groups attached to an aromatic ring is 1. The number of carbonyl (C=O) groups excluding carboxylic acids is 2. The second-order valence-electron chi connectivity index (χ2n) is 7.41. The number of rotatable bonds is 11. The smallest absolute Gasteiger partial charge is 0.326 e. The van der Waals surface area contributed by atoms with Crippen LogP contribution >= 0.6 is 0 Å². The third kappa shape index (κ3) is 6.83. The summed E-state index contributed by atoms with van der Waals surface area (Å²) in [4.78, 5) is 62.2. The minimum atomic E-state index is -1.23. The molecular weight excluding hydrogens is 456 g/mol. The fourth-order valence-electron chi connectivity index (χ4n) is 3.04. The zero-order chi connectivity index (χ0) is 25.4. The first-order valence-electron chi connectivity index (χ1n) is 10.5. The average Bonchev–Trinajstić information content (AvgIpc) is 2.84. The van der Waals surface area contributed by atoms with Crippen LogP contribution < -0.4 is 27.2 Å². The Bertz CT molecular complexity index is 1310. The lowest BCUT2D eigenvalue weighted by Crippen LogP contribution is -2.41. The molecule has 3 aromatic rings. The van der Waals surface area contributed by atoms with Crippen molar-refractivity contribution in [3.05, 3.63) is 64.7 Å². The molecule has 0 saturated heterocycles. The summed E-state index contributed by atoms with van der Waals surface area (Å²) in [7, 11) is 0. The molecule has 2 heterocycles. The number of carbonyl (C=O) groups is 3. The predicted molar refractivity (Wildman–Crippen MR) is 127 cm³/mol. The number of aromatic nitrogens is 4. The summed E-state index contributed by atoms with van der Waals surface area (Å²) in [6, 6.07) is 5.11. The van der Waals surface area contributed by atoms with Gasteiger partial charge in [-0.25, -0.2) is 14.8 Å². The number of benzene rings is 1. The first-order chi connectivity index (χ1) is 16.8. The molecule has 13 heteroatoms. The monoisotopic (exact) mass is 480 g/mol. The fraction of sp³-hybridized carbons (Fsp3) is 0.227. The van der Waals surface area contributed by atoms with E-state index in [1.165, 1.54) is 24.4 Å². The van der Waals surface area contributed by atoms with Gasteiger partial charge < -0.3 is 26.8 Å². The number of nitrogens with two attached hydrogens (primary N) is 1. The Morgan fingerprint density at radius 1 is 1.20 bits per heavy atom. The van der Waals surface area contributed by atoms with Gasteiger partial charge in [0, 0.05) is 24.2 Å². The Balaban J connectivity index is 1.57. The third-order valence-corrected chi connectivity index (χ3v) is 4.81. The fourth-order valence-corrected chi connectivity index (χ4v) is 3.04. The highest BCUT2D eigenvalue weighted by Crippen LogP contribution is 2.12. The molecule has 35 heavy (non-hydrogen) atoms. The number of nitrogens with one attached hydrogen (secondary N) is 4. The van der Waals surface area contributed by atoms with Crippen molar-refractivity contribution in [2.75, 3.05) is 17.6 Å². The first-order valence-corrected chi connectivity index (χ1v) is 10.5. The van der Waals surface area contributed by atoms with Gasteiger partial charge in [0.1, 0.15) is 6.04 Å². The number of hydrogen-bond acceptors (Lipinski definition) is 9. The van der Waals surface area contributed by atoms with Gasteiger partial charge in [-0.1, -0.05) is 6.08 Å². The minimum absolute atomic E-state index is 0.0458. The molecule has 0 radical (unpaired) electrons. The van der Waals surface area contributed by atoms with Crippen LogP contribution in [0.5, 0.6) is 0 Å². The summed E-state index contributed by atoms with van der Waals surface area (Å²) in [5, 5.41) is 17.4. The third-order valence-electron chi connectivity index (χ3n) is 4.81. The topological polar surface area (TPSA) is 205 Å². The van der Waals surface area contributed by atoms with Gasteiger partial charge >= 0.3 is 5.97 Å². The number of aliphatic carboxylic acids is 1. The average molecular weight is 480 g/mol. The van der Waals surface area contributed by atoms with Gasteiger partial charge in [0.2, 0.25) is 11.9 Å². The maximum absolute atomic E-state index is 12.5. The highest BCUT2D eigenvalue weighted by atomic mass is 16.4. The zero-order valence-electron chi connectivity index (χ0n) is 18.6. The van der Waals surface area contributed by atoms with Gasteiger partial charge in [0.05, 0.1) is 18.4 Å². The molecule has 3 rings (SSSR count). The van der Waals surface area contributed by atoms with E-state index in [0.29, 0.717) is 11.4 Å². The van der Waals surface area contributed by atoms with Gasteiger partial charge in [-0.05, 0) is 30.7 Å². The maximum Gasteiger partial charge on any atom is 0.326 e. The number of aromatic amines is 1. The zero-order valence-corrected chi connectivity index (χ0v) is 18.6. The van der Waals surface area contributed by atoms with E-state index in [4.69, 9.17) is 5.73 Å². The van der Waals surface area contributed by atoms with Crippen LogP contribution in [0.15, 0.2) is 47.9 Å². The largest absolute Gasteiger partial charge is 0.480 e. The van der Waals surface area contributed by atoms with Crippen molar-refractivity contribution < 1.29 is 19.5 Å². The quantitative estimate of drug-likeness (QED) is 0.205. The summed E-state index contributed by atoms with van der Waals surface area (Å²) in [5.74, 6) is -2.19. The summed E-state index contributed by atoms with van der Waals surface area (Å²) < 4.78 is 0. The van der Waals surface area contributed by atoms with Crippen molar-refractivity contribution in [1.82, 2.24) is 30.6 Å². The molecule has 7 N–H and O–H groups in total. The van der Waals surface area contributed by atoms with Crippen molar-refractivity contribution in [3.63, 3.8) is 0 Å². The second kappa shape index (κ2) is 11.4. The van der Waals surface area contributed by atoms with Gasteiger partial charge in [-0.15, -0.1) is 6.58 Å². The molecule has 0 spiro atoms. The predicted octanol–water partition coefficient (Wildman–Crippen LogP) is 0.173. The minimum Gasteiger partial charge on any atom is -0.480 e. The number of carboxylic acid groups (broad SMARTS) is 1. The van der Waals surface area contributed by atoms with Gasteiger partial charge in [0.15, 0.2) is 11.2 Å². The van der Waals surface area contributed by atoms with Crippen LogP contribution in [0.1, 0.15) is 28.9 Å². The number of nitrogens with zero attached hydrogens (tertiary/aromatic N) is 3. The SMILES string of the molecule is C=CCNC(=O)CCC(NC(=O)c1ccc(NCc2cnc3nc(N)[nH]c(=O)c3n2)cc1)C(=O)O. The molecule has 1 unspecified atom stereocenters. The molecule has 1 aromatic carbocycles. The standard InChI is InChI=1S/C22H24N8O5/c1-2-9-24-16(31)8-7-15(21(34)35)28-19(32)12-3-5-13(6-4-12)25-10-14-11-26-18-17(27-14)20(33)30-22(23)29-18/h2-6,11,15,25H,1,7-10H2,(H,24,31)(H,28,32)(H,34,35)(H3,23,26,29,30,33). The molecule has 2 aromatic heterocycles. The number of hydrogen-bond donors (Lipinski definition) is 6. The summed E-state index contributed by atoms with van der Waals surface area (Å²) >= 11 is 0. The van der Waals surface area contributed by atoms with Crippen LogP contribution in [-0.2, 0) is 16.1 Å². The number of H-pyrrole nitrogens is 1. The lowest BCUT2D eigenvalue weighted by molar-refractivity contribution is -0.139. The molecule has 0 aliphatic heterocycles. The molecule has 0 fully saturated rings. The number of amides is 2. The van der Waals surface area contributed by atoms with E-state index >= 15 is 0 Å². The Kier molecular flexibility index (Phi) is 8.06. The van der Waals surface area contributed by atoms with E-state index in [9.17, 15) is 24.3 Å². The molecule has 13 nitrogen and oxygen atoms in total. The summed E-state index contributed by atoms with van der Waals surface area (Å²) in [6.45, 7) is 4.01. The molecule has 2 amide bonds. The van der Waals surface area contributed by atoms with E-state index in [0.717, 1.165) is 0 Å². The van der Waals surface area contributed by atoms with Gasteiger partial charge in [-0.2, -0.15) is 4.98 Å². The molecule has 0 bridgehead atoms. The highest BCUT2D eigenvalue weighted by Gasteiger charge is 2.21. The molecule has 0 saturated carbocycles. The molecule has 0 aliphatic rings. The van der Waals surface area contributed by atoms with Crippen molar-refractivity contribution in [2.45, 2.75) is 25.4 Å². The number of anilines is 2. The first kappa shape index (κ1) is 24.8. The number of carboxylic acids is 1. The Labute approximate surface area is 198 Å². The van der Waals surface area contributed by atoms with Crippen LogP contribution in [0.25, 0.3) is 11.2 Å². The molecular formula is C22H24N8O5. The van der Waals surface area contributed by atoms with Gasteiger partial charge in [0.25, 0.3) is 11.5 Å². The van der Waals surface area contributed by atoms with E-state index in [-0.39, 0.29) is 54.5 Å². The number of fused-ring (bicyclic) bond motifs is 1. The lowest BCUT2D eigenvalue weighted by atomic mass is 10.1. The van der Waals surface area contributed by atoms with E-state index < -0.39 is 23.5 Å². The Morgan fingerprint density at radius 3 is 2.63 bits per heavy atom. The lowest BCUT2D eigenvalue weighted by Gasteiger charge is -2.14. The highest BCUT2D eigenvalue weighted by molar-refractivity contribution is 5.97. The normalized spacial score (nSPS) is 11.4. The van der Waals surface area contributed by atoms with Crippen LogP contribution in [0, 0.1) is 0 Å². The Morgan fingerprint density at radius 2 is 1.94 bits per heavy atom. The van der Waals surface area contributed by atoms with Crippen LogP contribution in [-0.4, -0.2) is 55.4 Å². The molecule has 1 atom stereocenters. The maximum atomic E-state index is 12.5. The summed E-state index contributed by atoms with van der Waals surface area (Å²) in [6.07, 6.45) is 2.87.